The molecule has 0 aromatic heterocycles. The number of anilines is 1. The fourth-order valence-electron chi connectivity index (χ4n) is 3.64. The van der Waals surface area contributed by atoms with Crippen LogP contribution in [0, 0.1) is 17.8 Å². The van der Waals surface area contributed by atoms with Gasteiger partial charge in [0.05, 0.1) is 0 Å². The Morgan fingerprint density at radius 3 is 2.95 bits per heavy atom. The van der Waals surface area contributed by atoms with E-state index < -0.39 is 0 Å². The smallest absolute Gasteiger partial charge is 0.227 e. The van der Waals surface area contributed by atoms with Gasteiger partial charge in [-0.1, -0.05) is 12.5 Å². The molecular formula is C16H22N2O2. The highest BCUT2D eigenvalue weighted by Crippen LogP contribution is 2.48. The minimum Gasteiger partial charge on any atom is -0.492 e. The van der Waals surface area contributed by atoms with Gasteiger partial charge in [0.1, 0.15) is 12.4 Å². The molecular weight excluding hydrogens is 252 g/mol. The normalized spacial score (nSPS) is 27.6. The lowest BCUT2D eigenvalue weighted by molar-refractivity contribution is -0.121. The van der Waals surface area contributed by atoms with E-state index in [1.165, 1.54) is 19.3 Å². The molecule has 3 atom stereocenters. The quantitative estimate of drug-likeness (QED) is 0.866. The molecule has 0 radical (unpaired) electrons. The van der Waals surface area contributed by atoms with Gasteiger partial charge in [0.2, 0.25) is 5.91 Å². The fraction of sp³-hybridized carbons (Fsp3) is 0.562. The van der Waals surface area contributed by atoms with Gasteiger partial charge in [-0.15, -0.1) is 0 Å². The van der Waals surface area contributed by atoms with Crippen LogP contribution in [-0.4, -0.2) is 19.1 Å². The number of ether oxygens (including phenoxy) is 1. The monoisotopic (exact) mass is 274 g/mol. The Balaban J connectivity index is 1.61. The average Bonchev–Trinajstić information content (AvgIpc) is 3.08. The molecule has 3 rings (SSSR count). The number of carbonyl (C=O) groups is 1. The summed E-state index contributed by atoms with van der Waals surface area (Å²) in [6, 6.07) is 7.53. The van der Waals surface area contributed by atoms with Crippen LogP contribution in [0.5, 0.6) is 5.75 Å². The molecule has 4 nitrogen and oxygen atoms in total. The van der Waals surface area contributed by atoms with Crippen LogP contribution in [0.25, 0.3) is 0 Å². The zero-order valence-corrected chi connectivity index (χ0v) is 11.7. The highest BCUT2D eigenvalue weighted by molar-refractivity contribution is 5.93. The van der Waals surface area contributed by atoms with Crippen molar-refractivity contribution in [1.29, 1.82) is 0 Å². The van der Waals surface area contributed by atoms with Crippen LogP contribution in [-0.2, 0) is 4.79 Å². The summed E-state index contributed by atoms with van der Waals surface area (Å²) in [5.41, 5.74) is 6.23. The number of carbonyl (C=O) groups excluding carboxylic acids is 1. The average molecular weight is 274 g/mol. The number of fused-ring (bicyclic) bond motifs is 2. The van der Waals surface area contributed by atoms with Crippen molar-refractivity contribution in [3.8, 4) is 5.75 Å². The van der Waals surface area contributed by atoms with E-state index in [1.54, 1.807) is 0 Å². The maximum atomic E-state index is 12.4. The van der Waals surface area contributed by atoms with Crippen LogP contribution in [0.1, 0.15) is 25.7 Å². The van der Waals surface area contributed by atoms with Gasteiger partial charge in [0.15, 0.2) is 0 Å². The van der Waals surface area contributed by atoms with Gasteiger partial charge in [-0.2, -0.15) is 0 Å². The van der Waals surface area contributed by atoms with Gasteiger partial charge in [-0.3, -0.25) is 4.79 Å². The molecule has 1 amide bonds. The lowest BCUT2D eigenvalue weighted by atomic mass is 9.88. The Morgan fingerprint density at radius 1 is 1.35 bits per heavy atom. The molecule has 3 N–H and O–H groups in total. The molecule has 2 bridgehead atoms. The summed E-state index contributed by atoms with van der Waals surface area (Å²) in [5, 5.41) is 3.04. The summed E-state index contributed by atoms with van der Waals surface area (Å²) in [5.74, 6) is 2.53. The lowest BCUT2D eigenvalue weighted by Crippen LogP contribution is -2.27. The molecule has 2 fully saturated rings. The first-order valence-electron chi connectivity index (χ1n) is 7.50. The second-order valence-electron chi connectivity index (χ2n) is 5.94. The Bertz CT molecular complexity index is 489. The summed E-state index contributed by atoms with van der Waals surface area (Å²) in [6.07, 6.45) is 4.86. The number of hydrogen-bond donors (Lipinski definition) is 2. The topological polar surface area (TPSA) is 64.3 Å². The Labute approximate surface area is 119 Å². The van der Waals surface area contributed by atoms with E-state index in [4.69, 9.17) is 10.5 Å². The molecule has 0 aliphatic heterocycles. The predicted octanol–water partition coefficient (Wildman–Crippen LogP) is 2.40. The first-order chi connectivity index (χ1) is 9.76. The number of amides is 1. The summed E-state index contributed by atoms with van der Waals surface area (Å²) in [7, 11) is 0. The molecule has 1 aromatic carbocycles. The van der Waals surface area contributed by atoms with Gasteiger partial charge >= 0.3 is 0 Å². The number of nitrogens with one attached hydrogen (secondary N) is 1. The maximum Gasteiger partial charge on any atom is 0.227 e. The zero-order chi connectivity index (χ0) is 13.9. The number of nitrogens with two attached hydrogens (primary N) is 1. The number of hydrogen-bond acceptors (Lipinski definition) is 3. The van der Waals surface area contributed by atoms with Gasteiger partial charge in [0.25, 0.3) is 0 Å². The van der Waals surface area contributed by atoms with E-state index in [0.29, 0.717) is 19.1 Å². The van der Waals surface area contributed by atoms with Crippen molar-refractivity contribution < 1.29 is 9.53 Å². The minimum atomic E-state index is 0.174. The molecule has 2 aliphatic rings. The number of rotatable bonds is 5. The van der Waals surface area contributed by atoms with E-state index in [9.17, 15) is 4.79 Å². The first kappa shape index (κ1) is 13.4. The minimum absolute atomic E-state index is 0.174. The summed E-state index contributed by atoms with van der Waals surface area (Å²) in [4.78, 5) is 12.4. The third-order valence-corrected chi connectivity index (χ3v) is 4.56. The fourth-order valence-corrected chi connectivity index (χ4v) is 3.64. The van der Waals surface area contributed by atoms with E-state index in [-0.39, 0.29) is 11.8 Å². The SMILES string of the molecule is NCCOc1cccc(NC(=O)C2CC3CCC2C3)c1. The van der Waals surface area contributed by atoms with Gasteiger partial charge < -0.3 is 15.8 Å². The standard InChI is InChI=1S/C16H22N2O2/c17-6-7-20-14-3-1-2-13(10-14)18-16(19)15-9-11-4-5-12(15)8-11/h1-3,10-12,15H,4-9,17H2,(H,18,19). The Hall–Kier alpha value is -1.55. The summed E-state index contributed by atoms with van der Waals surface area (Å²) >= 11 is 0. The van der Waals surface area contributed by atoms with E-state index >= 15 is 0 Å². The van der Waals surface area contributed by atoms with Crippen molar-refractivity contribution in [3.05, 3.63) is 24.3 Å². The molecule has 108 valence electrons. The van der Waals surface area contributed by atoms with Crippen molar-refractivity contribution in [3.63, 3.8) is 0 Å². The third-order valence-electron chi connectivity index (χ3n) is 4.56. The van der Waals surface area contributed by atoms with Crippen molar-refractivity contribution >= 4 is 11.6 Å². The van der Waals surface area contributed by atoms with E-state index in [2.05, 4.69) is 5.32 Å². The van der Waals surface area contributed by atoms with Crippen molar-refractivity contribution in [2.45, 2.75) is 25.7 Å². The first-order valence-corrected chi connectivity index (χ1v) is 7.50. The number of benzene rings is 1. The Kier molecular flexibility index (Phi) is 3.92. The van der Waals surface area contributed by atoms with Gasteiger partial charge in [0, 0.05) is 24.2 Å². The van der Waals surface area contributed by atoms with Crippen LogP contribution in [0.3, 0.4) is 0 Å². The van der Waals surface area contributed by atoms with Gasteiger partial charge in [-0.05, 0) is 43.2 Å². The molecule has 0 spiro atoms. The molecule has 1 aromatic rings. The van der Waals surface area contributed by atoms with Crippen LogP contribution in [0.15, 0.2) is 24.3 Å². The molecule has 3 unspecified atom stereocenters. The Morgan fingerprint density at radius 2 is 2.25 bits per heavy atom. The molecule has 0 saturated heterocycles. The van der Waals surface area contributed by atoms with E-state index in [0.717, 1.165) is 23.8 Å². The van der Waals surface area contributed by atoms with Crippen LogP contribution in [0.4, 0.5) is 5.69 Å². The van der Waals surface area contributed by atoms with Crippen LogP contribution >= 0.6 is 0 Å². The summed E-state index contributed by atoms with van der Waals surface area (Å²) < 4.78 is 5.48. The van der Waals surface area contributed by atoms with Crippen molar-refractivity contribution in [2.24, 2.45) is 23.5 Å². The van der Waals surface area contributed by atoms with Crippen molar-refractivity contribution in [1.82, 2.24) is 0 Å². The van der Waals surface area contributed by atoms with Crippen LogP contribution in [0.2, 0.25) is 0 Å². The second kappa shape index (κ2) is 5.83. The molecule has 0 heterocycles. The molecule has 4 heteroatoms. The zero-order valence-electron chi connectivity index (χ0n) is 11.7. The van der Waals surface area contributed by atoms with Crippen LogP contribution < -0.4 is 15.8 Å². The third kappa shape index (κ3) is 2.80. The maximum absolute atomic E-state index is 12.4. The van der Waals surface area contributed by atoms with Gasteiger partial charge in [-0.25, -0.2) is 0 Å². The summed E-state index contributed by atoms with van der Waals surface area (Å²) in [6.45, 7) is 0.978. The highest BCUT2D eigenvalue weighted by Gasteiger charge is 2.42. The lowest BCUT2D eigenvalue weighted by Gasteiger charge is -2.20. The molecule has 2 aliphatic carbocycles. The highest BCUT2D eigenvalue weighted by atomic mass is 16.5. The predicted molar refractivity (Wildman–Crippen MR) is 78.6 cm³/mol. The molecule has 20 heavy (non-hydrogen) atoms. The largest absolute Gasteiger partial charge is 0.492 e. The van der Waals surface area contributed by atoms with E-state index in [1.807, 2.05) is 24.3 Å². The second-order valence-corrected chi connectivity index (χ2v) is 5.94. The van der Waals surface area contributed by atoms with Crippen molar-refractivity contribution in [2.75, 3.05) is 18.5 Å². The molecule has 2 saturated carbocycles.